The van der Waals surface area contributed by atoms with Crippen LogP contribution in [0.4, 0.5) is 5.69 Å². The molecule has 0 saturated carbocycles. The Labute approximate surface area is 232 Å². The van der Waals surface area contributed by atoms with Gasteiger partial charge in [0.1, 0.15) is 12.3 Å². The number of amides is 2. The van der Waals surface area contributed by atoms with Crippen molar-refractivity contribution in [2.24, 2.45) is 0 Å². The van der Waals surface area contributed by atoms with E-state index in [1.807, 2.05) is 25.2 Å². The normalized spacial score (nSPS) is 13.6. The number of Topliss-reactive ketones (excluding diaryl/α,β-unsaturated/α-hetero) is 1. The molecule has 2 amide bonds. The van der Waals surface area contributed by atoms with E-state index in [-0.39, 0.29) is 12.0 Å². The van der Waals surface area contributed by atoms with Crippen molar-refractivity contribution in [3.63, 3.8) is 0 Å². The Balaban J connectivity index is 0.000000475. The van der Waals surface area contributed by atoms with Crippen LogP contribution in [0.5, 0.6) is 0 Å². The minimum absolute atomic E-state index is 0.240. The highest BCUT2D eigenvalue weighted by Gasteiger charge is 2.28. The predicted octanol–water partition coefficient (Wildman–Crippen LogP) is 1.87. The zero-order valence-electron chi connectivity index (χ0n) is 22.4. The number of carboxylic acid groups (broad SMARTS) is 1. The number of terminal acetylenes is 1. The molecule has 11 nitrogen and oxygen atoms in total. The number of piperazine rings is 1. The van der Waals surface area contributed by atoms with Crippen molar-refractivity contribution >= 4 is 46.4 Å². The molecular weight excluding hydrogens is 514 g/mol. The molecule has 4 N–H and O–H groups in total. The number of nitrogens with zero attached hydrogens (tertiary/aromatic N) is 2. The first-order valence-corrected chi connectivity index (χ1v) is 12.4. The molecule has 0 aliphatic carbocycles. The molecule has 11 heteroatoms. The number of H-pyrrole nitrogens is 1. The fraction of sp³-hybridized carbons (Fsp3) is 0.276. The van der Waals surface area contributed by atoms with Gasteiger partial charge in [0, 0.05) is 43.3 Å². The average molecular weight is 548 g/mol. The highest BCUT2D eigenvalue weighted by atomic mass is 16.4. The Morgan fingerprint density at radius 3 is 2.23 bits per heavy atom. The first-order chi connectivity index (χ1) is 19.2. The number of carbonyl (C=O) groups excluding carboxylic acids is 4. The lowest BCUT2D eigenvalue weighted by Crippen LogP contribution is -2.49. The van der Waals surface area contributed by atoms with E-state index in [0.29, 0.717) is 42.8 Å². The fourth-order valence-electron chi connectivity index (χ4n) is 3.95. The third-order valence-corrected chi connectivity index (χ3v) is 6.19. The van der Waals surface area contributed by atoms with Crippen molar-refractivity contribution in [1.82, 2.24) is 20.1 Å². The number of benzene rings is 2. The molecule has 1 aromatic heterocycles. The Hall–Kier alpha value is -4.79. The first-order valence-electron chi connectivity index (χ1n) is 12.4. The van der Waals surface area contributed by atoms with E-state index in [4.69, 9.17) is 5.11 Å². The van der Waals surface area contributed by atoms with E-state index >= 15 is 0 Å². The molecule has 1 aliphatic heterocycles. The van der Waals surface area contributed by atoms with Gasteiger partial charge < -0.3 is 30.5 Å². The van der Waals surface area contributed by atoms with Gasteiger partial charge in [0.25, 0.3) is 11.7 Å². The van der Waals surface area contributed by atoms with Crippen molar-refractivity contribution in [2.75, 3.05) is 45.6 Å². The number of aldehydes is 1. The van der Waals surface area contributed by atoms with Crippen LogP contribution >= 0.6 is 0 Å². The maximum absolute atomic E-state index is 12.8. The quantitative estimate of drug-likeness (QED) is 0.144. The Morgan fingerprint density at radius 2 is 1.68 bits per heavy atom. The molecule has 210 valence electrons. The lowest BCUT2D eigenvalue weighted by Gasteiger charge is -2.31. The summed E-state index contributed by atoms with van der Waals surface area (Å²) in [6.07, 6.45) is 10.0. The maximum Gasteiger partial charge on any atom is 0.321 e. The van der Waals surface area contributed by atoms with E-state index in [1.165, 1.54) is 13.2 Å². The van der Waals surface area contributed by atoms with Gasteiger partial charge in [-0.2, -0.15) is 0 Å². The van der Waals surface area contributed by atoms with Gasteiger partial charge in [-0.3, -0.25) is 24.0 Å². The summed E-state index contributed by atoms with van der Waals surface area (Å²) < 4.78 is 0. The molecule has 0 radical (unpaired) electrons. The number of ketones is 1. The number of aromatic amines is 1. The second-order valence-corrected chi connectivity index (χ2v) is 8.82. The Bertz CT molecular complexity index is 1340. The number of para-hydroxylation sites is 1. The van der Waals surface area contributed by atoms with Crippen molar-refractivity contribution in [2.45, 2.75) is 12.5 Å². The summed E-state index contributed by atoms with van der Waals surface area (Å²) >= 11 is 0. The minimum atomic E-state index is -1.12. The molecule has 1 aliphatic rings. The topological polar surface area (TPSA) is 152 Å². The molecule has 3 aromatic rings. The molecule has 1 unspecified atom stereocenters. The standard InChI is InChI=1S/C20H25N5O5.C7H6O.C2H2/c1-21-15(20(29)30)10-16(26)23-14-5-3-4-12-13(11-22-17(12)14)18(27)19(28)25-8-6-24(2)7-9-25;8-6-7-4-2-1-3-5-7;1-2/h3-5,11,15,21-22H,6-10H2,1-2H3,(H,23,26)(H,29,30);1-6H;1-2H. The van der Waals surface area contributed by atoms with Crippen molar-refractivity contribution in [3.05, 3.63) is 65.9 Å². The number of aliphatic carboxylic acids is 1. The lowest BCUT2D eigenvalue weighted by atomic mass is 10.1. The van der Waals surface area contributed by atoms with E-state index in [2.05, 4.69) is 33.4 Å². The number of fused-ring (bicyclic) bond motifs is 1. The first kappa shape index (κ1) is 31.4. The largest absolute Gasteiger partial charge is 0.480 e. The summed E-state index contributed by atoms with van der Waals surface area (Å²) in [4.78, 5) is 65.4. The summed E-state index contributed by atoms with van der Waals surface area (Å²) in [5.74, 6) is -2.76. The third-order valence-electron chi connectivity index (χ3n) is 6.19. The van der Waals surface area contributed by atoms with Crippen LogP contribution in [-0.2, 0) is 14.4 Å². The van der Waals surface area contributed by atoms with Gasteiger partial charge in [0.05, 0.1) is 23.2 Å². The summed E-state index contributed by atoms with van der Waals surface area (Å²) in [5.41, 5.74) is 1.87. The summed E-state index contributed by atoms with van der Waals surface area (Å²) in [7, 11) is 3.43. The monoisotopic (exact) mass is 547 g/mol. The average Bonchev–Trinajstić information content (AvgIpc) is 3.42. The molecular formula is C29H33N5O6. The third kappa shape index (κ3) is 8.36. The number of carboxylic acids is 1. The second kappa shape index (κ2) is 15.6. The zero-order chi connectivity index (χ0) is 29.7. The number of hydrogen-bond acceptors (Lipinski definition) is 7. The van der Waals surface area contributed by atoms with Gasteiger partial charge in [-0.25, -0.2) is 0 Å². The smallest absolute Gasteiger partial charge is 0.321 e. The fourth-order valence-corrected chi connectivity index (χ4v) is 3.95. The van der Waals surface area contributed by atoms with Gasteiger partial charge in [-0.05, 0) is 20.2 Å². The summed E-state index contributed by atoms with van der Waals surface area (Å²) in [6.45, 7) is 2.43. The van der Waals surface area contributed by atoms with E-state index < -0.39 is 29.6 Å². The number of nitrogens with one attached hydrogen (secondary N) is 3. The SMILES string of the molecule is C#C.CNC(CC(=O)Nc1cccc2c(C(=O)C(=O)N3CCN(C)CC3)c[nH]c12)C(=O)O.O=Cc1ccccc1. The summed E-state index contributed by atoms with van der Waals surface area (Å²) in [6, 6.07) is 13.1. The predicted molar refractivity (Wildman–Crippen MR) is 152 cm³/mol. The Kier molecular flexibility index (Phi) is 12.2. The molecule has 2 heterocycles. The van der Waals surface area contributed by atoms with E-state index in [9.17, 15) is 24.0 Å². The van der Waals surface area contributed by atoms with Gasteiger partial charge in [-0.15, -0.1) is 12.8 Å². The molecule has 4 rings (SSSR count). The van der Waals surface area contributed by atoms with Crippen LogP contribution in [0.25, 0.3) is 10.9 Å². The molecule has 40 heavy (non-hydrogen) atoms. The van der Waals surface area contributed by atoms with Crippen LogP contribution in [0.15, 0.2) is 54.7 Å². The van der Waals surface area contributed by atoms with Gasteiger partial charge in [0.2, 0.25) is 5.91 Å². The van der Waals surface area contributed by atoms with E-state index in [0.717, 1.165) is 11.8 Å². The number of hydrogen-bond donors (Lipinski definition) is 4. The minimum Gasteiger partial charge on any atom is -0.480 e. The highest BCUT2D eigenvalue weighted by Crippen LogP contribution is 2.26. The van der Waals surface area contributed by atoms with Crippen molar-refractivity contribution < 1.29 is 29.1 Å². The Morgan fingerprint density at radius 1 is 1.02 bits per heavy atom. The number of rotatable bonds is 8. The lowest BCUT2D eigenvalue weighted by molar-refractivity contribution is -0.140. The molecule has 0 bridgehead atoms. The van der Waals surface area contributed by atoms with Crippen LogP contribution in [0.2, 0.25) is 0 Å². The van der Waals surface area contributed by atoms with Gasteiger partial charge in [-0.1, -0.05) is 42.5 Å². The van der Waals surface area contributed by atoms with Crippen molar-refractivity contribution in [1.29, 1.82) is 0 Å². The van der Waals surface area contributed by atoms with Crippen LogP contribution in [0, 0.1) is 12.8 Å². The maximum atomic E-state index is 12.8. The highest BCUT2D eigenvalue weighted by molar-refractivity contribution is 6.45. The van der Waals surface area contributed by atoms with Gasteiger partial charge >= 0.3 is 5.97 Å². The second-order valence-electron chi connectivity index (χ2n) is 8.82. The number of aromatic nitrogens is 1. The van der Waals surface area contributed by atoms with Crippen LogP contribution in [-0.4, -0.2) is 96.1 Å². The number of carbonyl (C=O) groups is 5. The molecule has 2 aromatic carbocycles. The van der Waals surface area contributed by atoms with Gasteiger partial charge in [0.15, 0.2) is 0 Å². The van der Waals surface area contributed by atoms with Crippen molar-refractivity contribution in [3.8, 4) is 12.8 Å². The zero-order valence-corrected chi connectivity index (χ0v) is 22.4. The van der Waals surface area contributed by atoms with Crippen LogP contribution in [0.3, 0.4) is 0 Å². The molecule has 1 fully saturated rings. The molecule has 0 spiro atoms. The molecule has 1 saturated heterocycles. The summed E-state index contributed by atoms with van der Waals surface area (Å²) in [5, 5.41) is 14.8. The van der Waals surface area contributed by atoms with E-state index in [1.54, 1.807) is 35.2 Å². The number of anilines is 1. The van der Waals surface area contributed by atoms with Crippen LogP contribution in [0.1, 0.15) is 27.1 Å². The van der Waals surface area contributed by atoms with Crippen LogP contribution < -0.4 is 10.6 Å². The molecule has 1 atom stereocenters. The number of likely N-dealkylation sites (N-methyl/N-ethyl adjacent to an activating group) is 2.